The number of nitrogens with zero attached hydrogens (tertiary/aromatic N) is 2. The van der Waals surface area contributed by atoms with E-state index in [9.17, 15) is 13.2 Å². The minimum atomic E-state index is -4.40. The van der Waals surface area contributed by atoms with E-state index in [1.165, 1.54) is 6.07 Å². The molecule has 4 nitrogen and oxygen atoms in total. The molecule has 0 fully saturated rings. The number of benzene rings is 1. The number of halogens is 3. The Labute approximate surface area is 126 Å². The smallest absolute Gasteiger partial charge is 0.416 e. The van der Waals surface area contributed by atoms with Gasteiger partial charge in [-0.15, -0.1) is 0 Å². The average Bonchev–Trinajstić information content (AvgIpc) is 2.77. The van der Waals surface area contributed by atoms with Crippen molar-refractivity contribution < 1.29 is 17.9 Å². The van der Waals surface area contributed by atoms with Crippen molar-refractivity contribution in [2.45, 2.75) is 26.1 Å². The Hall–Kier alpha value is -2.31. The van der Waals surface area contributed by atoms with Crippen LogP contribution in [0.4, 0.5) is 13.2 Å². The lowest BCUT2D eigenvalue weighted by Gasteiger charge is -2.16. The predicted molar refractivity (Wildman–Crippen MR) is 75.7 cm³/mol. The van der Waals surface area contributed by atoms with Crippen LogP contribution in [0.3, 0.4) is 0 Å². The first kappa shape index (κ1) is 16.1. The first-order valence-electron chi connectivity index (χ1n) is 6.61. The number of hydrogen-bond donors (Lipinski definition) is 1. The normalized spacial score (nSPS) is 13.0. The van der Waals surface area contributed by atoms with Gasteiger partial charge >= 0.3 is 6.18 Å². The van der Waals surface area contributed by atoms with Gasteiger partial charge in [0.05, 0.1) is 16.8 Å². The van der Waals surface area contributed by atoms with E-state index < -0.39 is 17.8 Å². The van der Waals surface area contributed by atoms with E-state index in [1.807, 2.05) is 0 Å². The van der Waals surface area contributed by atoms with Gasteiger partial charge in [-0.05, 0) is 31.5 Å². The summed E-state index contributed by atoms with van der Waals surface area (Å²) < 4.78 is 45.2. The SMILES string of the molecule is Cc1nn(C)cc1C(=N)OC(C)c1cccc(C(F)(F)F)c1. The molecule has 0 amide bonds. The van der Waals surface area contributed by atoms with Crippen LogP contribution in [0.2, 0.25) is 0 Å². The van der Waals surface area contributed by atoms with Gasteiger partial charge in [-0.25, -0.2) is 0 Å². The number of hydrogen-bond acceptors (Lipinski definition) is 3. The molecule has 0 bridgehead atoms. The quantitative estimate of drug-likeness (QED) is 0.691. The molecule has 2 rings (SSSR count). The maximum absolute atomic E-state index is 12.7. The molecule has 0 saturated carbocycles. The lowest BCUT2D eigenvalue weighted by molar-refractivity contribution is -0.137. The molecule has 1 aromatic heterocycles. The highest BCUT2D eigenvalue weighted by atomic mass is 19.4. The highest BCUT2D eigenvalue weighted by molar-refractivity contribution is 5.92. The zero-order valence-corrected chi connectivity index (χ0v) is 12.4. The van der Waals surface area contributed by atoms with Crippen LogP contribution in [0.1, 0.15) is 35.4 Å². The fraction of sp³-hybridized carbons (Fsp3) is 0.333. The van der Waals surface area contributed by atoms with E-state index in [4.69, 9.17) is 10.1 Å². The van der Waals surface area contributed by atoms with Crippen LogP contribution in [-0.4, -0.2) is 15.7 Å². The molecule has 0 aliphatic rings. The lowest BCUT2D eigenvalue weighted by Crippen LogP contribution is -2.11. The third kappa shape index (κ3) is 3.47. The Morgan fingerprint density at radius 1 is 1.36 bits per heavy atom. The topological polar surface area (TPSA) is 50.9 Å². The van der Waals surface area contributed by atoms with Crippen molar-refractivity contribution in [3.8, 4) is 0 Å². The first-order chi connectivity index (χ1) is 10.2. The number of nitrogens with one attached hydrogen (secondary N) is 1. The van der Waals surface area contributed by atoms with Crippen molar-refractivity contribution in [2.24, 2.45) is 7.05 Å². The molecule has 1 N–H and O–H groups in total. The van der Waals surface area contributed by atoms with Gasteiger partial charge in [-0.2, -0.15) is 18.3 Å². The Bertz CT molecular complexity index is 692. The summed E-state index contributed by atoms with van der Waals surface area (Å²) in [6, 6.07) is 4.92. The number of aryl methyl sites for hydroxylation is 2. The number of aromatic nitrogens is 2. The molecule has 2 aromatic rings. The van der Waals surface area contributed by atoms with Crippen molar-refractivity contribution in [2.75, 3.05) is 0 Å². The van der Waals surface area contributed by atoms with Gasteiger partial charge < -0.3 is 4.74 Å². The van der Waals surface area contributed by atoms with E-state index in [1.54, 1.807) is 37.8 Å². The van der Waals surface area contributed by atoms with Crippen molar-refractivity contribution in [3.05, 3.63) is 52.8 Å². The maximum atomic E-state index is 12.7. The zero-order valence-electron chi connectivity index (χ0n) is 12.4. The van der Waals surface area contributed by atoms with Crippen LogP contribution in [-0.2, 0) is 18.0 Å². The number of rotatable bonds is 3. The zero-order chi connectivity index (χ0) is 16.5. The summed E-state index contributed by atoms with van der Waals surface area (Å²) in [5, 5.41) is 12.0. The molecule has 1 aromatic carbocycles. The summed E-state index contributed by atoms with van der Waals surface area (Å²) >= 11 is 0. The van der Waals surface area contributed by atoms with E-state index in [-0.39, 0.29) is 5.90 Å². The standard InChI is InChI=1S/C15H16F3N3O/c1-9-13(8-21(3)20-9)14(19)22-10(2)11-5-4-6-12(7-11)15(16,17)18/h4-8,10,19H,1-3H3. The second-order valence-corrected chi connectivity index (χ2v) is 5.01. The Morgan fingerprint density at radius 3 is 2.59 bits per heavy atom. The molecule has 1 atom stereocenters. The first-order valence-corrected chi connectivity index (χ1v) is 6.61. The molecule has 0 radical (unpaired) electrons. The third-order valence-corrected chi connectivity index (χ3v) is 3.24. The highest BCUT2D eigenvalue weighted by Crippen LogP contribution is 2.31. The van der Waals surface area contributed by atoms with Gasteiger partial charge in [0, 0.05) is 13.2 Å². The largest absolute Gasteiger partial charge is 0.470 e. The molecular formula is C15H16F3N3O. The lowest BCUT2D eigenvalue weighted by atomic mass is 10.1. The van der Waals surface area contributed by atoms with Gasteiger partial charge in [0.2, 0.25) is 5.90 Å². The fourth-order valence-electron chi connectivity index (χ4n) is 2.10. The van der Waals surface area contributed by atoms with E-state index in [0.29, 0.717) is 16.8 Å². The van der Waals surface area contributed by atoms with Crippen molar-refractivity contribution in [1.82, 2.24) is 9.78 Å². The summed E-state index contributed by atoms with van der Waals surface area (Å²) in [6.45, 7) is 3.35. The molecule has 22 heavy (non-hydrogen) atoms. The average molecular weight is 311 g/mol. The molecule has 0 spiro atoms. The van der Waals surface area contributed by atoms with Crippen LogP contribution in [0.5, 0.6) is 0 Å². The maximum Gasteiger partial charge on any atom is 0.416 e. The monoisotopic (exact) mass is 311 g/mol. The Kier molecular flexibility index (Phi) is 4.25. The molecule has 7 heteroatoms. The van der Waals surface area contributed by atoms with Crippen LogP contribution >= 0.6 is 0 Å². The van der Waals surface area contributed by atoms with Crippen molar-refractivity contribution >= 4 is 5.90 Å². The molecule has 0 aliphatic heterocycles. The second-order valence-electron chi connectivity index (χ2n) is 5.01. The number of ether oxygens (including phenoxy) is 1. The minimum absolute atomic E-state index is 0.115. The van der Waals surface area contributed by atoms with Gasteiger partial charge in [-0.1, -0.05) is 12.1 Å². The molecule has 118 valence electrons. The van der Waals surface area contributed by atoms with Gasteiger partial charge in [-0.3, -0.25) is 10.1 Å². The van der Waals surface area contributed by atoms with E-state index in [2.05, 4.69) is 5.10 Å². The van der Waals surface area contributed by atoms with Gasteiger partial charge in [0.25, 0.3) is 0 Å². The summed E-state index contributed by atoms with van der Waals surface area (Å²) in [5.41, 5.74) is 0.774. The summed E-state index contributed by atoms with van der Waals surface area (Å²) in [5.74, 6) is -0.115. The highest BCUT2D eigenvalue weighted by Gasteiger charge is 2.31. The van der Waals surface area contributed by atoms with Crippen LogP contribution in [0.15, 0.2) is 30.5 Å². The molecule has 0 aliphatic carbocycles. The molecule has 1 unspecified atom stereocenters. The third-order valence-electron chi connectivity index (χ3n) is 3.24. The fourth-order valence-corrected chi connectivity index (χ4v) is 2.10. The van der Waals surface area contributed by atoms with Crippen LogP contribution in [0, 0.1) is 12.3 Å². The molecule has 0 saturated heterocycles. The predicted octanol–water partition coefficient (Wildman–Crippen LogP) is 3.85. The molecular weight excluding hydrogens is 295 g/mol. The van der Waals surface area contributed by atoms with E-state index in [0.717, 1.165) is 12.1 Å². The van der Waals surface area contributed by atoms with Crippen molar-refractivity contribution in [1.29, 1.82) is 5.41 Å². The summed E-state index contributed by atoms with van der Waals surface area (Å²) in [7, 11) is 1.72. The second kappa shape index (κ2) is 5.82. The van der Waals surface area contributed by atoms with E-state index >= 15 is 0 Å². The van der Waals surface area contributed by atoms with Gasteiger partial charge in [0.15, 0.2) is 0 Å². The summed E-state index contributed by atoms with van der Waals surface area (Å²) in [6.07, 6.45) is -3.44. The minimum Gasteiger partial charge on any atom is -0.470 e. The Morgan fingerprint density at radius 2 is 2.05 bits per heavy atom. The van der Waals surface area contributed by atoms with Crippen molar-refractivity contribution in [3.63, 3.8) is 0 Å². The number of alkyl halides is 3. The molecule has 1 heterocycles. The van der Waals surface area contributed by atoms with Crippen LogP contribution < -0.4 is 0 Å². The van der Waals surface area contributed by atoms with Crippen LogP contribution in [0.25, 0.3) is 0 Å². The van der Waals surface area contributed by atoms with Gasteiger partial charge in [0.1, 0.15) is 6.10 Å². The summed E-state index contributed by atoms with van der Waals surface area (Å²) in [4.78, 5) is 0. The Balaban J connectivity index is 2.17.